The monoisotopic (exact) mass is 478 g/mol. The van der Waals surface area contributed by atoms with E-state index in [4.69, 9.17) is 15.3 Å². The molecule has 0 fully saturated rings. The lowest BCUT2D eigenvalue weighted by Crippen LogP contribution is -2.10. The van der Waals surface area contributed by atoms with E-state index in [-0.39, 0.29) is 11.4 Å². The van der Waals surface area contributed by atoms with Crippen molar-refractivity contribution in [2.75, 3.05) is 5.32 Å². The second-order valence-corrected chi connectivity index (χ2v) is 7.48. The fraction of sp³-hybridized carbons (Fsp3) is 0.120. The molecule has 3 aromatic carbocycles. The van der Waals surface area contributed by atoms with Crippen LogP contribution in [-0.2, 0) is 6.18 Å². The van der Waals surface area contributed by atoms with E-state index < -0.39 is 28.1 Å². The van der Waals surface area contributed by atoms with Crippen molar-refractivity contribution in [2.45, 2.75) is 20.0 Å². The van der Waals surface area contributed by atoms with Crippen LogP contribution in [0.5, 0.6) is 11.5 Å². The molecule has 176 valence electrons. The predicted molar refractivity (Wildman–Crippen MR) is 123 cm³/mol. The first-order valence-electron chi connectivity index (χ1n) is 10.1. The molecule has 10 heteroatoms. The molecule has 0 aromatic heterocycles. The van der Waals surface area contributed by atoms with E-state index >= 15 is 0 Å². The maximum Gasteiger partial charge on any atom is 0.420 e. The first kappa shape index (κ1) is 24.8. The average molecular weight is 478 g/mol. The Morgan fingerprint density at radius 1 is 1.06 bits per heavy atom. The molecule has 35 heavy (non-hydrogen) atoms. The van der Waals surface area contributed by atoms with Crippen LogP contribution >= 0.6 is 0 Å². The summed E-state index contributed by atoms with van der Waals surface area (Å²) in [7, 11) is 0. The summed E-state index contributed by atoms with van der Waals surface area (Å²) in [5.41, 5.74) is 0.0512. The van der Waals surface area contributed by atoms with Gasteiger partial charge in [-0.25, -0.2) is 0 Å². The quantitative estimate of drug-likeness (QED) is 0.228. The van der Waals surface area contributed by atoms with E-state index in [1.54, 1.807) is 32.1 Å². The zero-order valence-electron chi connectivity index (χ0n) is 18.5. The molecule has 0 radical (unpaired) electrons. The molecule has 3 aromatic rings. The molecular formula is C25H17F3N4O3. The van der Waals surface area contributed by atoms with Crippen molar-refractivity contribution in [3.05, 3.63) is 92.5 Å². The number of alkyl halides is 3. The number of nitrogens with one attached hydrogen (secondary N) is 1. The number of aryl methyl sites for hydroxylation is 2. The number of benzene rings is 3. The lowest BCUT2D eigenvalue weighted by atomic mass is 10.0. The van der Waals surface area contributed by atoms with Crippen LogP contribution in [0.25, 0.3) is 6.08 Å². The highest BCUT2D eigenvalue weighted by Gasteiger charge is 2.38. The second kappa shape index (κ2) is 9.98. The Labute approximate surface area is 198 Å². The zero-order valence-corrected chi connectivity index (χ0v) is 18.5. The summed E-state index contributed by atoms with van der Waals surface area (Å²) >= 11 is 0. The van der Waals surface area contributed by atoms with Crippen molar-refractivity contribution in [3.63, 3.8) is 0 Å². The minimum Gasteiger partial charge on any atom is -0.456 e. The van der Waals surface area contributed by atoms with Gasteiger partial charge in [-0.1, -0.05) is 0 Å². The molecule has 0 aliphatic heterocycles. The SMILES string of the molecule is Cc1cc(/C=C/C#N)cc(C)c1Oc1cc(Nc2ccc(C#N)cc2)c([N+](=O)[O-])cc1C(F)(F)F. The maximum absolute atomic E-state index is 13.8. The molecule has 3 rings (SSSR count). The summed E-state index contributed by atoms with van der Waals surface area (Å²) in [6.07, 6.45) is -2.10. The number of nitro groups is 1. The number of rotatable bonds is 6. The molecule has 1 N–H and O–H groups in total. The topological polar surface area (TPSA) is 112 Å². The lowest BCUT2D eigenvalue weighted by Gasteiger charge is -2.19. The van der Waals surface area contributed by atoms with Crippen LogP contribution in [0.2, 0.25) is 0 Å². The molecule has 0 saturated heterocycles. The summed E-state index contributed by atoms with van der Waals surface area (Å²) in [5, 5.41) is 31.9. The smallest absolute Gasteiger partial charge is 0.420 e. The number of nitriles is 2. The van der Waals surface area contributed by atoms with Crippen molar-refractivity contribution in [1.29, 1.82) is 10.5 Å². The van der Waals surface area contributed by atoms with Gasteiger partial charge < -0.3 is 10.1 Å². The Morgan fingerprint density at radius 3 is 2.20 bits per heavy atom. The van der Waals surface area contributed by atoms with E-state index in [0.717, 1.165) is 6.07 Å². The molecule has 0 amide bonds. The fourth-order valence-electron chi connectivity index (χ4n) is 3.39. The molecule has 0 aliphatic carbocycles. The van der Waals surface area contributed by atoms with Crippen LogP contribution in [0, 0.1) is 46.6 Å². The van der Waals surface area contributed by atoms with Crippen molar-refractivity contribution < 1.29 is 22.8 Å². The van der Waals surface area contributed by atoms with E-state index in [0.29, 0.717) is 34.0 Å². The highest BCUT2D eigenvalue weighted by atomic mass is 19.4. The van der Waals surface area contributed by atoms with Gasteiger partial charge in [-0.2, -0.15) is 23.7 Å². The summed E-state index contributed by atoms with van der Waals surface area (Å²) in [5.74, 6) is -0.464. The Bertz CT molecular complexity index is 1380. The zero-order chi connectivity index (χ0) is 25.8. The van der Waals surface area contributed by atoms with Gasteiger partial charge in [-0.15, -0.1) is 0 Å². The molecular weight excluding hydrogens is 461 g/mol. The lowest BCUT2D eigenvalue weighted by molar-refractivity contribution is -0.384. The molecule has 7 nitrogen and oxygen atoms in total. The van der Waals surface area contributed by atoms with Crippen molar-refractivity contribution in [1.82, 2.24) is 0 Å². The third-order valence-electron chi connectivity index (χ3n) is 4.94. The fourth-order valence-corrected chi connectivity index (χ4v) is 3.39. The molecule has 0 saturated carbocycles. The molecule has 0 spiro atoms. The van der Waals surface area contributed by atoms with Gasteiger partial charge in [0.15, 0.2) is 0 Å². The van der Waals surface area contributed by atoms with Crippen molar-refractivity contribution in [3.8, 4) is 23.6 Å². The number of nitro benzene ring substituents is 1. The molecule has 0 unspecified atom stereocenters. The number of halogens is 3. The Kier molecular flexibility index (Phi) is 7.07. The molecule has 0 aliphatic rings. The van der Waals surface area contributed by atoms with E-state index in [2.05, 4.69) is 5.32 Å². The number of nitrogens with zero attached hydrogens (tertiary/aromatic N) is 3. The highest BCUT2D eigenvalue weighted by Crippen LogP contribution is 2.45. The minimum atomic E-state index is -4.93. The standard InChI is InChI=1S/C25H17F3N4O3/c1-15-10-18(4-3-9-29)11-16(2)24(15)35-23-13-21(31-19-7-5-17(14-30)6-8-19)22(32(33)34)12-20(23)25(26,27)28/h3-8,10-13,31H,1-2H3/b4-3+. The van der Waals surface area contributed by atoms with Gasteiger partial charge in [0.25, 0.3) is 5.69 Å². The molecule has 0 bridgehead atoms. The first-order chi connectivity index (χ1) is 16.5. The van der Waals surface area contributed by atoms with Crippen molar-refractivity contribution >= 4 is 23.1 Å². The summed E-state index contributed by atoms with van der Waals surface area (Å²) in [6, 6.07) is 14.3. The Balaban J connectivity index is 2.13. The van der Waals surface area contributed by atoms with Crippen LogP contribution in [0.3, 0.4) is 0 Å². The van der Waals surface area contributed by atoms with Crippen LogP contribution in [0.4, 0.5) is 30.2 Å². The second-order valence-electron chi connectivity index (χ2n) is 7.48. The predicted octanol–water partition coefficient (Wildman–Crippen LogP) is 7.17. The molecule has 0 atom stereocenters. The average Bonchev–Trinajstić information content (AvgIpc) is 2.79. The van der Waals surface area contributed by atoms with E-state index in [1.807, 2.05) is 12.1 Å². The Hall–Kier alpha value is -4.83. The van der Waals surface area contributed by atoms with Gasteiger partial charge in [-0.05, 0) is 73.0 Å². The number of anilines is 2. The van der Waals surface area contributed by atoms with E-state index in [1.165, 1.54) is 30.3 Å². The molecule has 0 heterocycles. The van der Waals surface area contributed by atoms with Gasteiger partial charge in [0.05, 0.1) is 22.6 Å². The summed E-state index contributed by atoms with van der Waals surface area (Å²) in [6.45, 7) is 3.28. The third kappa shape index (κ3) is 5.75. The minimum absolute atomic E-state index is 0.155. The number of allylic oxidation sites excluding steroid dienone is 1. The van der Waals surface area contributed by atoms with Gasteiger partial charge in [0.2, 0.25) is 0 Å². The van der Waals surface area contributed by atoms with Gasteiger partial charge in [-0.3, -0.25) is 10.1 Å². The van der Waals surface area contributed by atoms with Gasteiger partial charge in [0, 0.05) is 23.9 Å². The Morgan fingerprint density at radius 2 is 1.69 bits per heavy atom. The van der Waals surface area contributed by atoms with Crippen LogP contribution in [-0.4, -0.2) is 4.92 Å². The largest absolute Gasteiger partial charge is 0.456 e. The van der Waals surface area contributed by atoms with Crippen LogP contribution < -0.4 is 10.1 Å². The first-order valence-corrected chi connectivity index (χ1v) is 10.1. The van der Waals surface area contributed by atoms with Crippen molar-refractivity contribution in [2.24, 2.45) is 0 Å². The maximum atomic E-state index is 13.8. The highest BCUT2D eigenvalue weighted by molar-refractivity contribution is 5.73. The number of hydrogen-bond donors (Lipinski definition) is 1. The van der Waals surface area contributed by atoms with Crippen LogP contribution in [0.1, 0.15) is 27.8 Å². The van der Waals surface area contributed by atoms with Gasteiger partial charge in [0.1, 0.15) is 22.7 Å². The van der Waals surface area contributed by atoms with Crippen LogP contribution in [0.15, 0.2) is 54.6 Å². The number of hydrogen-bond acceptors (Lipinski definition) is 6. The third-order valence-corrected chi connectivity index (χ3v) is 4.94. The number of ether oxygens (including phenoxy) is 1. The summed E-state index contributed by atoms with van der Waals surface area (Å²) in [4.78, 5) is 10.7. The van der Waals surface area contributed by atoms with E-state index in [9.17, 15) is 23.3 Å². The summed E-state index contributed by atoms with van der Waals surface area (Å²) < 4.78 is 47.2. The normalized spacial score (nSPS) is 11.1. The van der Waals surface area contributed by atoms with Gasteiger partial charge >= 0.3 is 6.18 Å².